The third-order valence-electron chi connectivity index (χ3n) is 5.39. The van der Waals surface area contributed by atoms with E-state index in [9.17, 15) is 18.7 Å². The SMILES string of the molecule is O=C(CC1CC(F)(F)C1)O[C@@H]1[C@@H](O)CN[C@@H]1Cc1ccc(-c2cncs2)cc1. The van der Waals surface area contributed by atoms with Crippen LogP contribution in [-0.2, 0) is 16.0 Å². The summed E-state index contributed by atoms with van der Waals surface area (Å²) in [4.78, 5) is 17.3. The standard InChI is InChI=1S/C20H22F2N2O3S/c21-20(22)7-13(8-20)6-18(26)27-19-15(24-9-16(19)25)5-12-1-3-14(4-2-12)17-10-23-11-28-17/h1-4,10-11,13,15-16,19,24-25H,5-9H2/t15-,16+,19+/m1/s1. The fourth-order valence-electron chi connectivity index (χ4n) is 3.90. The lowest BCUT2D eigenvalue weighted by molar-refractivity contribution is -0.162. The van der Waals surface area contributed by atoms with E-state index in [1.54, 1.807) is 16.8 Å². The van der Waals surface area contributed by atoms with Crippen molar-refractivity contribution in [2.24, 2.45) is 5.92 Å². The molecule has 0 radical (unpaired) electrons. The van der Waals surface area contributed by atoms with Crippen molar-refractivity contribution < 1.29 is 23.4 Å². The van der Waals surface area contributed by atoms with E-state index in [0.29, 0.717) is 13.0 Å². The zero-order chi connectivity index (χ0) is 19.7. The summed E-state index contributed by atoms with van der Waals surface area (Å²) >= 11 is 1.57. The molecule has 1 aliphatic carbocycles. The van der Waals surface area contributed by atoms with Crippen LogP contribution < -0.4 is 5.32 Å². The third-order valence-corrected chi connectivity index (χ3v) is 6.21. The molecule has 2 aliphatic rings. The predicted molar refractivity (Wildman–Crippen MR) is 101 cm³/mol. The molecule has 1 saturated carbocycles. The first-order valence-electron chi connectivity index (χ1n) is 9.36. The van der Waals surface area contributed by atoms with Gasteiger partial charge < -0.3 is 15.2 Å². The van der Waals surface area contributed by atoms with Crippen LogP contribution in [0.4, 0.5) is 8.78 Å². The summed E-state index contributed by atoms with van der Waals surface area (Å²) in [6.45, 7) is 0.336. The van der Waals surface area contributed by atoms with Crippen LogP contribution >= 0.6 is 11.3 Å². The Bertz CT molecular complexity index is 805. The number of esters is 1. The minimum atomic E-state index is -2.65. The number of carbonyl (C=O) groups is 1. The van der Waals surface area contributed by atoms with Crippen LogP contribution in [0.3, 0.4) is 0 Å². The Morgan fingerprint density at radius 3 is 2.71 bits per heavy atom. The fraction of sp³-hybridized carbons (Fsp3) is 0.500. The molecule has 0 bridgehead atoms. The maximum atomic E-state index is 12.9. The quantitative estimate of drug-likeness (QED) is 0.719. The van der Waals surface area contributed by atoms with Gasteiger partial charge in [-0.25, -0.2) is 8.78 Å². The van der Waals surface area contributed by atoms with Crippen LogP contribution in [0.2, 0.25) is 0 Å². The number of rotatable bonds is 6. The van der Waals surface area contributed by atoms with Crippen LogP contribution in [0.5, 0.6) is 0 Å². The van der Waals surface area contributed by atoms with Crippen LogP contribution in [-0.4, -0.2) is 46.8 Å². The zero-order valence-electron chi connectivity index (χ0n) is 15.2. The minimum Gasteiger partial charge on any atom is -0.458 e. The first-order chi connectivity index (χ1) is 13.4. The summed E-state index contributed by atoms with van der Waals surface area (Å²) in [6.07, 6.45) is 0.408. The molecule has 4 rings (SSSR count). The van der Waals surface area contributed by atoms with Gasteiger partial charge in [0, 0.05) is 32.0 Å². The summed E-state index contributed by atoms with van der Waals surface area (Å²) in [5.74, 6) is -3.49. The molecule has 3 atom stereocenters. The summed E-state index contributed by atoms with van der Waals surface area (Å²) in [5, 5.41) is 13.4. The highest BCUT2D eigenvalue weighted by atomic mass is 32.1. The lowest BCUT2D eigenvalue weighted by Crippen LogP contribution is -2.41. The second kappa shape index (κ2) is 7.85. The number of halogens is 2. The Morgan fingerprint density at radius 2 is 2.07 bits per heavy atom. The molecule has 28 heavy (non-hydrogen) atoms. The molecule has 2 N–H and O–H groups in total. The van der Waals surface area contributed by atoms with Gasteiger partial charge in [0.25, 0.3) is 0 Å². The Morgan fingerprint density at radius 1 is 1.32 bits per heavy atom. The highest BCUT2D eigenvalue weighted by Crippen LogP contribution is 2.44. The topological polar surface area (TPSA) is 71.5 Å². The van der Waals surface area contributed by atoms with Crippen molar-refractivity contribution in [3.05, 3.63) is 41.5 Å². The highest BCUT2D eigenvalue weighted by Gasteiger charge is 2.46. The number of ether oxygens (including phenoxy) is 1. The number of benzene rings is 1. The smallest absolute Gasteiger partial charge is 0.306 e. The van der Waals surface area contributed by atoms with E-state index in [-0.39, 0.29) is 31.2 Å². The maximum Gasteiger partial charge on any atom is 0.306 e. The summed E-state index contributed by atoms with van der Waals surface area (Å²) in [6, 6.07) is 7.85. The maximum absolute atomic E-state index is 12.9. The van der Waals surface area contributed by atoms with Crippen molar-refractivity contribution >= 4 is 17.3 Å². The number of nitrogens with one attached hydrogen (secondary N) is 1. The van der Waals surface area contributed by atoms with Gasteiger partial charge in [0.05, 0.1) is 16.4 Å². The van der Waals surface area contributed by atoms with Gasteiger partial charge in [0.15, 0.2) is 0 Å². The van der Waals surface area contributed by atoms with Gasteiger partial charge in [-0.05, 0) is 23.5 Å². The molecule has 2 fully saturated rings. The number of aliphatic hydroxyl groups excluding tert-OH is 1. The van der Waals surface area contributed by atoms with Gasteiger partial charge in [-0.2, -0.15) is 0 Å². The lowest BCUT2D eigenvalue weighted by atomic mass is 9.79. The average Bonchev–Trinajstić information content (AvgIpc) is 3.27. The van der Waals surface area contributed by atoms with Gasteiger partial charge in [-0.1, -0.05) is 24.3 Å². The summed E-state index contributed by atoms with van der Waals surface area (Å²) in [7, 11) is 0. The largest absolute Gasteiger partial charge is 0.458 e. The van der Waals surface area contributed by atoms with Crippen molar-refractivity contribution in [2.75, 3.05) is 6.54 Å². The molecule has 150 valence electrons. The molecular formula is C20H22F2N2O3S. The molecule has 2 heterocycles. The Hall–Kier alpha value is -1.90. The first-order valence-corrected chi connectivity index (χ1v) is 10.2. The van der Waals surface area contributed by atoms with E-state index in [2.05, 4.69) is 10.3 Å². The number of aromatic nitrogens is 1. The molecular weight excluding hydrogens is 386 g/mol. The van der Waals surface area contributed by atoms with E-state index in [1.807, 2.05) is 30.5 Å². The van der Waals surface area contributed by atoms with Crippen molar-refractivity contribution in [1.29, 1.82) is 0 Å². The van der Waals surface area contributed by atoms with Crippen molar-refractivity contribution in [3.8, 4) is 10.4 Å². The number of nitrogens with zero attached hydrogens (tertiary/aromatic N) is 1. The molecule has 1 saturated heterocycles. The Kier molecular flexibility index (Phi) is 5.44. The molecule has 2 aromatic rings. The molecule has 0 unspecified atom stereocenters. The number of aliphatic hydroxyl groups is 1. The molecule has 0 spiro atoms. The van der Waals surface area contributed by atoms with Crippen LogP contribution in [0.15, 0.2) is 36.0 Å². The number of thiazole rings is 1. The third kappa shape index (κ3) is 4.39. The second-order valence-corrected chi connectivity index (χ2v) is 8.52. The van der Waals surface area contributed by atoms with Gasteiger partial charge in [0.2, 0.25) is 5.92 Å². The van der Waals surface area contributed by atoms with Gasteiger partial charge >= 0.3 is 5.97 Å². The molecule has 1 aromatic carbocycles. The van der Waals surface area contributed by atoms with E-state index >= 15 is 0 Å². The van der Waals surface area contributed by atoms with E-state index < -0.39 is 24.1 Å². The number of β-amino-alcohol motifs (C(OH)–C–C–N with tert-alkyl or cyclic N) is 1. The Labute approximate surface area is 165 Å². The van der Waals surface area contributed by atoms with Crippen molar-refractivity contribution in [1.82, 2.24) is 10.3 Å². The number of hydrogen-bond donors (Lipinski definition) is 2. The second-order valence-electron chi connectivity index (χ2n) is 7.64. The van der Waals surface area contributed by atoms with Gasteiger partial charge in [-0.3, -0.25) is 9.78 Å². The summed E-state index contributed by atoms with van der Waals surface area (Å²) in [5.41, 5.74) is 3.93. The molecule has 5 nitrogen and oxygen atoms in total. The van der Waals surface area contributed by atoms with Crippen LogP contribution in [0.25, 0.3) is 10.4 Å². The summed E-state index contributed by atoms with van der Waals surface area (Å²) < 4.78 is 31.3. The van der Waals surface area contributed by atoms with Crippen molar-refractivity contribution in [3.63, 3.8) is 0 Å². The van der Waals surface area contributed by atoms with Gasteiger partial charge in [0.1, 0.15) is 12.2 Å². The average molecular weight is 408 g/mol. The van der Waals surface area contributed by atoms with Crippen LogP contribution in [0, 0.1) is 5.92 Å². The highest BCUT2D eigenvalue weighted by molar-refractivity contribution is 7.13. The zero-order valence-corrected chi connectivity index (χ0v) is 16.0. The number of carbonyl (C=O) groups excluding carboxylic acids is 1. The monoisotopic (exact) mass is 408 g/mol. The first kappa shape index (κ1) is 19.4. The molecule has 8 heteroatoms. The van der Waals surface area contributed by atoms with Crippen molar-refractivity contribution in [2.45, 2.75) is 49.9 Å². The number of alkyl halides is 2. The molecule has 1 aromatic heterocycles. The van der Waals surface area contributed by atoms with Gasteiger partial charge in [-0.15, -0.1) is 11.3 Å². The normalized spacial score (nSPS) is 26.8. The lowest BCUT2D eigenvalue weighted by Gasteiger charge is -2.34. The molecule has 1 aliphatic heterocycles. The Balaban J connectivity index is 1.34. The number of hydrogen-bond acceptors (Lipinski definition) is 6. The molecule has 0 amide bonds. The fourth-order valence-corrected chi connectivity index (χ4v) is 4.53. The predicted octanol–water partition coefficient (Wildman–Crippen LogP) is 3.03. The van der Waals surface area contributed by atoms with E-state index in [4.69, 9.17) is 4.74 Å². The minimum absolute atomic E-state index is 0.0188. The van der Waals surface area contributed by atoms with Crippen LogP contribution in [0.1, 0.15) is 24.8 Å². The van der Waals surface area contributed by atoms with E-state index in [1.165, 1.54) is 0 Å². The van der Waals surface area contributed by atoms with E-state index in [0.717, 1.165) is 16.0 Å².